The molecule has 0 bridgehead atoms. The van der Waals surface area contributed by atoms with E-state index in [1.807, 2.05) is 0 Å². The van der Waals surface area contributed by atoms with Gasteiger partial charge in [-0.05, 0) is 18.2 Å². The smallest absolute Gasteiger partial charge is 0.328 e. The van der Waals surface area contributed by atoms with E-state index in [4.69, 9.17) is 19.3 Å². The predicted octanol–water partition coefficient (Wildman–Crippen LogP) is 1.72. The van der Waals surface area contributed by atoms with Crippen molar-refractivity contribution in [3.63, 3.8) is 0 Å². The highest BCUT2D eigenvalue weighted by Crippen LogP contribution is 2.36. The number of rotatable bonds is 6. The summed E-state index contributed by atoms with van der Waals surface area (Å²) in [4.78, 5) is 10.2. The zero-order valence-corrected chi connectivity index (χ0v) is 9.67. The highest BCUT2D eigenvalue weighted by atomic mass is 16.5. The number of carboxylic acid groups (broad SMARTS) is 1. The molecule has 0 fully saturated rings. The summed E-state index contributed by atoms with van der Waals surface area (Å²) in [6.07, 6.45) is 2.42. The van der Waals surface area contributed by atoms with Gasteiger partial charge in [0.2, 0.25) is 5.75 Å². The van der Waals surface area contributed by atoms with Crippen LogP contribution in [0.3, 0.4) is 0 Å². The molecule has 0 spiro atoms. The van der Waals surface area contributed by atoms with Gasteiger partial charge < -0.3 is 19.3 Å². The average Bonchev–Trinajstić information content (AvgIpc) is 2.33. The maximum absolute atomic E-state index is 10.2. The van der Waals surface area contributed by atoms with Crippen molar-refractivity contribution in [3.8, 4) is 17.2 Å². The Hall–Kier alpha value is -2.17. The molecule has 0 aromatic heterocycles. The number of para-hydroxylation sites is 1. The van der Waals surface area contributed by atoms with Crippen molar-refractivity contribution < 1.29 is 24.1 Å². The molecule has 1 N–H and O–H groups in total. The van der Waals surface area contributed by atoms with E-state index in [0.717, 1.165) is 6.08 Å². The molecule has 0 radical (unpaired) electrons. The minimum absolute atomic E-state index is 0.149. The summed E-state index contributed by atoms with van der Waals surface area (Å²) in [7, 11) is 3.05. The van der Waals surface area contributed by atoms with Gasteiger partial charge in [0, 0.05) is 6.08 Å². The van der Waals surface area contributed by atoms with E-state index in [9.17, 15) is 4.79 Å². The lowest BCUT2D eigenvalue weighted by Crippen LogP contribution is -1.99. The van der Waals surface area contributed by atoms with E-state index in [2.05, 4.69) is 0 Å². The molecule has 0 unspecified atom stereocenters. The maximum Gasteiger partial charge on any atom is 0.328 e. The van der Waals surface area contributed by atoms with Crippen LogP contribution in [0.5, 0.6) is 17.2 Å². The molecule has 1 aromatic carbocycles. The summed E-state index contributed by atoms with van der Waals surface area (Å²) in [6, 6.07) is 5.23. The molecule has 5 heteroatoms. The third-order valence-electron chi connectivity index (χ3n) is 1.96. The van der Waals surface area contributed by atoms with Gasteiger partial charge in [-0.1, -0.05) is 6.07 Å². The van der Waals surface area contributed by atoms with Crippen LogP contribution in [0.1, 0.15) is 0 Å². The van der Waals surface area contributed by atoms with Crippen LogP contribution in [0.4, 0.5) is 0 Å². The molecular weight excluding hydrogens is 224 g/mol. The average molecular weight is 238 g/mol. The van der Waals surface area contributed by atoms with Gasteiger partial charge in [0.1, 0.15) is 6.61 Å². The van der Waals surface area contributed by atoms with Crippen LogP contribution in [-0.4, -0.2) is 31.9 Å². The number of methoxy groups -OCH3 is 2. The molecule has 0 saturated carbocycles. The fraction of sp³-hybridized carbons (Fsp3) is 0.250. The van der Waals surface area contributed by atoms with Crippen LogP contribution in [-0.2, 0) is 4.79 Å². The Labute approximate surface area is 99.2 Å². The minimum atomic E-state index is -1.01. The zero-order chi connectivity index (χ0) is 12.7. The standard InChI is InChI=1S/C12H14O5/c1-15-9-5-3-6-10(12(9)16-2)17-8-4-7-11(13)14/h3-7H,8H2,1-2H3,(H,13,14)/b7-4+. The summed E-state index contributed by atoms with van der Waals surface area (Å²) >= 11 is 0. The molecule has 1 aromatic rings. The van der Waals surface area contributed by atoms with Gasteiger partial charge in [0.05, 0.1) is 14.2 Å². The van der Waals surface area contributed by atoms with Crippen molar-refractivity contribution in [2.75, 3.05) is 20.8 Å². The van der Waals surface area contributed by atoms with Crippen molar-refractivity contribution in [3.05, 3.63) is 30.4 Å². The molecule has 1 rings (SSSR count). The largest absolute Gasteiger partial charge is 0.493 e. The summed E-state index contributed by atoms with van der Waals surface area (Å²) in [5.74, 6) is 0.541. The Balaban J connectivity index is 2.73. The molecule has 0 saturated heterocycles. The van der Waals surface area contributed by atoms with E-state index in [1.54, 1.807) is 18.2 Å². The van der Waals surface area contributed by atoms with E-state index in [1.165, 1.54) is 20.3 Å². The molecule has 0 aliphatic carbocycles. The first-order valence-corrected chi connectivity index (χ1v) is 4.92. The third-order valence-corrected chi connectivity index (χ3v) is 1.96. The van der Waals surface area contributed by atoms with Crippen LogP contribution in [0.25, 0.3) is 0 Å². The highest BCUT2D eigenvalue weighted by molar-refractivity contribution is 5.79. The second-order valence-electron chi connectivity index (χ2n) is 3.04. The van der Waals surface area contributed by atoms with Crippen molar-refractivity contribution in [2.45, 2.75) is 0 Å². The molecule has 0 aliphatic rings. The second kappa shape index (κ2) is 6.42. The predicted molar refractivity (Wildman–Crippen MR) is 61.8 cm³/mol. The summed E-state index contributed by atoms with van der Waals surface area (Å²) in [6.45, 7) is 0.149. The number of ether oxygens (including phenoxy) is 3. The Bertz CT molecular complexity index is 411. The lowest BCUT2D eigenvalue weighted by atomic mass is 10.3. The van der Waals surface area contributed by atoms with Crippen LogP contribution in [0.2, 0.25) is 0 Å². The summed E-state index contributed by atoms with van der Waals surface area (Å²) in [5.41, 5.74) is 0. The van der Waals surface area contributed by atoms with Gasteiger partial charge in [-0.3, -0.25) is 0 Å². The molecule has 0 aliphatic heterocycles. The minimum Gasteiger partial charge on any atom is -0.493 e. The van der Waals surface area contributed by atoms with Gasteiger partial charge in [0.25, 0.3) is 0 Å². The SMILES string of the molecule is COc1cccc(OC/C=C/C(=O)O)c1OC. The molecule has 0 amide bonds. The van der Waals surface area contributed by atoms with E-state index >= 15 is 0 Å². The molecule has 0 atom stereocenters. The van der Waals surface area contributed by atoms with Crippen LogP contribution in [0.15, 0.2) is 30.4 Å². The lowest BCUT2D eigenvalue weighted by Gasteiger charge is -2.12. The first-order chi connectivity index (χ1) is 8.19. The fourth-order valence-electron chi connectivity index (χ4n) is 1.26. The number of hydrogen-bond acceptors (Lipinski definition) is 4. The summed E-state index contributed by atoms with van der Waals surface area (Å²) < 4.78 is 15.6. The Kier molecular flexibility index (Phi) is 4.87. The van der Waals surface area contributed by atoms with Crippen molar-refractivity contribution in [1.82, 2.24) is 0 Å². The van der Waals surface area contributed by atoms with Crippen LogP contribution < -0.4 is 14.2 Å². The van der Waals surface area contributed by atoms with Crippen molar-refractivity contribution >= 4 is 5.97 Å². The number of aliphatic carboxylic acids is 1. The second-order valence-corrected chi connectivity index (χ2v) is 3.04. The molecule has 92 valence electrons. The monoisotopic (exact) mass is 238 g/mol. The van der Waals surface area contributed by atoms with Crippen molar-refractivity contribution in [2.24, 2.45) is 0 Å². The van der Waals surface area contributed by atoms with Gasteiger partial charge in [0.15, 0.2) is 11.5 Å². The zero-order valence-electron chi connectivity index (χ0n) is 9.67. The maximum atomic E-state index is 10.2. The Morgan fingerprint density at radius 1 is 1.29 bits per heavy atom. The third kappa shape index (κ3) is 3.71. The van der Waals surface area contributed by atoms with Crippen LogP contribution >= 0.6 is 0 Å². The number of carbonyl (C=O) groups is 1. The first-order valence-electron chi connectivity index (χ1n) is 4.92. The van der Waals surface area contributed by atoms with Gasteiger partial charge in [-0.25, -0.2) is 4.79 Å². The Morgan fingerprint density at radius 2 is 2.00 bits per heavy atom. The Morgan fingerprint density at radius 3 is 2.59 bits per heavy atom. The van der Waals surface area contributed by atoms with Gasteiger partial charge in [-0.15, -0.1) is 0 Å². The van der Waals surface area contributed by atoms with Gasteiger partial charge in [-0.2, -0.15) is 0 Å². The first kappa shape index (κ1) is 12.9. The van der Waals surface area contributed by atoms with E-state index < -0.39 is 5.97 Å². The fourth-order valence-corrected chi connectivity index (χ4v) is 1.26. The highest BCUT2D eigenvalue weighted by Gasteiger charge is 2.09. The molecule has 17 heavy (non-hydrogen) atoms. The van der Waals surface area contributed by atoms with E-state index in [0.29, 0.717) is 17.2 Å². The number of carboxylic acids is 1. The number of benzene rings is 1. The molecular formula is C12H14O5. The molecule has 0 heterocycles. The normalized spacial score (nSPS) is 10.2. The summed E-state index contributed by atoms with van der Waals surface area (Å²) in [5, 5.41) is 8.41. The number of hydrogen-bond donors (Lipinski definition) is 1. The van der Waals surface area contributed by atoms with Crippen molar-refractivity contribution in [1.29, 1.82) is 0 Å². The topological polar surface area (TPSA) is 65.0 Å². The van der Waals surface area contributed by atoms with E-state index in [-0.39, 0.29) is 6.61 Å². The molecule has 5 nitrogen and oxygen atoms in total. The van der Waals surface area contributed by atoms with Crippen LogP contribution in [0, 0.1) is 0 Å². The quantitative estimate of drug-likeness (QED) is 0.764. The van der Waals surface area contributed by atoms with Gasteiger partial charge >= 0.3 is 5.97 Å². The lowest BCUT2D eigenvalue weighted by molar-refractivity contribution is -0.131.